The average molecular weight is 690 g/mol. The third-order valence-corrected chi connectivity index (χ3v) is 11.3. The standard InChI is InChI=1S/C37H35F3N2O3S.CO2/c1-18-17-37(2,3)42-14-8-11-21-32(42)22(18)16-24-25(26-27(36(43)44)28(38)30(40)35(46-4)29(26)39)23-15-19-9-5-6-12-41-13-7-10-20(31(19)41)33(23)45-34(21)24;2-1-3/h15-17H,5-14H2,1-4H3;/p+1. The summed E-state index contributed by atoms with van der Waals surface area (Å²) in [5.74, 6) is -4.68. The summed E-state index contributed by atoms with van der Waals surface area (Å²) in [7, 11) is 0. The first-order chi connectivity index (χ1) is 23.4. The highest BCUT2D eigenvalue weighted by atomic mass is 32.2. The molecule has 0 aliphatic carbocycles. The largest absolute Gasteiger partial charge is 0.478 e. The van der Waals surface area contributed by atoms with Crippen LogP contribution >= 0.6 is 11.8 Å². The maximum atomic E-state index is 16.8. The van der Waals surface area contributed by atoms with Crippen molar-refractivity contribution in [3.63, 3.8) is 0 Å². The number of anilines is 1. The Morgan fingerprint density at radius 3 is 2.39 bits per heavy atom. The predicted molar refractivity (Wildman–Crippen MR) is 180 cm³/mol. The highest BCUT2D eigenvalue weighted by Gasteiger charge is 2.41. The van der Waals surface area contributed by atoms with E-state index >= 15 is 13.2 Å². The molecule has 3 aromatic rings. The Morgan fingerprint density at radius 2 is 1.67 bits per heavy atom. The lowest BCUT2D eigenvalue weighted by molar-refractivity contribution is -0.191. The van der Waals surface area contributed by atoms with Gasteiger partial charge in [-0.1, -0.05) is 6.08 Å². The Balaban J connectivity index is 0.00000122. The van der Waals surface area contributed by atoms with Gasteiger partial charge in [-0.2, -0.15) is 9.59 Å². The molecular formula is C38H36F3N2O5S+. The molecule has 5 heterocycles. The summed E-state index contributed by atoms with van der Waals surface area (Å²) in [4.78, 5) is 30.9. The van der Waals surface area contributed by atoms with Crippen molar-refractivity contribution in [2.75, 3.05) is 30.8 Å². The van der Waals surface area contributed by atoms with Crippen LogP contribution in [0.3, 0.4) is 0 Å². The molecule has 7 nitrogen and oxygen atoms in total. The molecule has 8 rings (SSSR count). The van der Waals surface area contributed by atoms with Gasteiger partial charge in [0.05, 0.1) is 21.7 Å². The van der Waals surface area contributed by atoms with E-state index in [0.29, 0.717) is 22.3 Å². The van der Waals surface area contributed by atoms with E-state index in [1.807, 2.05) is 12.1 Å². The number of nitrogens with zero attached hydrogens (tertiary/aromatic N) is 2. The van der Waals surface area contributed by atoms with Crippen LogP contribution in [0.15, 0.2) is 23.1 Å². The summed E-state index contributed by atoms with van der Waals surface area (Å²) >= 11 is 0.730. The Bertz CT molecular complexity index is 2190. The quantitative estimate of drug-likeness (QED) is 0.160. The number of allylic oxidation sites excluding steroid dienone is 1. The molecule has 254 valence electrons. The first-order valence-corrected chi connectivity index (χ1v) is 17.8. The Morgan fingerprint density at radius 1 is 0.959 bits per heavy atom. The molecule has 0 radical (unpaired) electrons. The lowest BCUT2D eigenvalue weighted by atomic mass is 9.79. The number of aromatic carboxylic acids is 1. The van der Waals surface area contributed by atoms with Gasteiger partial charge in [0.15, 0.2) is 11.6 Å². The number of hydrogen-bond acceptors (Lipinski definition) is 6. The molecule has 1 N–H and O–H groups in total. The van der Waals surface area contributed by atoms with Crippen molar-refractivity contribution in [3.05, 3.63) is 85.2 Å². The molecule has 3 aromatic carbocycles. The van der Waals surface area contributed by atoms with Crippen molar-refractivity contribution < 1.29 is 37.4 Å². The average Bonchev–Trinajstić information content (AvgIpc) is 3.28. The van der Waals surface area contributed by atoms with Crippen LogP contribution in [-0.2, 0) is 28.9 Å². The molecule has 49 heavy (non-hydrogen) atoms. The predicted octanol–water partition coefficient (Wildman–Crippen LogP) is 6.02. The normalized spacial score (nSPS) is 17.9. The van der Waals surface area contributed by atoms with E-state index in [0.717, 1.165) is 115 Å². The first kappa shape index (κ1) is 33.2. The fourth-order valence-electron chi connectivity index (χ4n) is 8.70. The molecule has 0 amide bonds. The van der Waals surface area contributed by atoms with Crippen LogP contribution < -0.4 is 24.8 Å². The number of benzene rings is 3. The van der Waals surface area contributed by atoms with Gasteiger partial charge >= 0.3 is 12.1 Å². The van der Waals surface area contributed by atoms with Crippen molar-refractivity contribution in [3.8, 4) is 11.5 Å². The second-order valence-corrected chi connectivity index (χ2v) is 14.6. The molecule has 0 fully saturated rings. The van der Waals surface area contributed by atoms with Gasteiger partial charge in [0.1, 0.15) is 36.0 Å². The number of carboxylic acid groups (broad SMARTS) is 1. The van der Waals surface area contributed by atoms with Gasteiger partial charge in [0.25, 0.3) is 0 Å². The molecule has 5 aliphatic heterocycles. The molecule has 0 atom stereocenters. The summed E-state index contributed by atoms with van der Waals surface area (Å²) in [5, 5.41) is 12.1. The van der Waals surface area contributed by atoms with Crippen molar-refractivity contribution >= 4 is 40.7 Å². The summed E-state index contributed by atoms with van der Waals surface area (Å²) in [6.07, 6.45) is 10.1. The molecule has 0 aromatic heterocycles. The number of halogens is 3. The highest BCUT2D eigenvalue weighted by molar-refractivity contribution is 7.98. The minimum Gasteiger partial charge on any atom is -0.478 e. The van der Waals surface area contributed by atoms with E-state index in [2.05, 4.69) is 36.3 Å². The van der Waals surface area contributed by atoms with E-state index in [1.165, 1.54) is 6.26 Å². The number of aryl methyl sites for hydroxylation is 1. The van der Waals surface area contributed by atoms with E-state index in [-0.39, 0.29) is 17.3 Å². The maximum absolute atomic E-state index is 16.8. The van der Waals surface area contributed by atoms with E-state index in [1.54, 1.807) is 0 Å². The minimum atomic E-state index is -1.72. The zero-order chi connectivity index (χ0) is 34.9. The minimum absolute atomic E-state index is 0.237. The Labute approximate surface area is 285 Å². The topological polar surface area (TPSA) is 86.9 Å². The monoisotopic (exact) mass is 689 g/mol. The molecule has 0 saturated heterocycles. The molecule has 0 unspecified atom stereocenters. The van der Waals surface area contributed by atoms with Crippen LogP contribution in [0.5, 0.6) is 11.5 Å². The number of ether oxygens (including phenoxy) is 1. The smallest absolute Gasteiger partial charge is 0.373 e. The van der Waals surface area contributed by atoms with Gasteiger partial charge in [-0.15, -0.1) is 11.8 Å². The van der Waals surface area contributed by atoms with Gasteiger partial charge in [-0.05, 0) is 76.8 Å². The molecule has 11 heteroatoms. The zero-order valence-corrected chi connectivity index (χ0v) is 28.6. The van der Waals surface area contributed by atoms with Gasteiger partial charge in [-0.25, -0.2) is 22.5 Å². The molecule has 0 spiro atoms. The maximum Gasteiger partial charge on any atom is 0.373 e. The van der Waals surface area contributed by atoms with Crippen LogP contribution in [0.1, 0.15) is 90.2 Å². The highest BCUT2D eigenvalue weighted by Crippen LogP contribution is 2.53. The van der Waals surface area contributed by atoms with Crippen LogP contribution in [0.4, 0.5) is 18.9 Å². The van der Waals surface area contributed by atoms with Crippen LogP contribution in [0.25, 0.3) is 11.1 Å². The number of fused-ring (bicyclic) bond motifs is 4. The summed E-state index contributed by atoms with van der Waals surface area (Å²) in [6.45, 7) is 9.19. The lowest BCUT2D eigenvalue weighted by Crippen LogP contribution is -2.48. The van der Waals surface area contributed by atoms with E-state index in [4.69, 9.17) is 14.3 Å². The Hall–Kier alpha value is -4.34. The third kappa shape index (κ3) is 4.96. The van der Waals surface area contributed by atoms with Crippen LogP contribution in [0.2, 0.25) is 0 Å². The SMILES string of the molecule is CSc1c(F)c(F)c(C(=O)O)c(C2=c3cc4c5c(c3Oc3c2cc2c6c3CCCN6C(C)(C)C=C2C)CCC[N+]=5CCCC4)c1F.O=C=O. The Kier molecular flexibility index (Phi) is 8.27. The summed E-state index contributed by atoms with van der Waals surface area (Å²) in [5.41, 5.74) is 5.34. The second-order valence-electron chi connectivity index (χ2n) is 13.7. The van der Waals surface area contributed by atoms with Crippen molar-refractivity contribution in [1.29, 1.82) is 0 Å². The van der Waals surface area contributed by atoms with Crippen LogP contribution in [0, 0.1) is 17.5 Å². The number of carbonyl (C=O) groups is 1. The molecular weight excluding hydrogens is 653 g/mol. The molecule has 0 saturated carbocycles. The van der Waals surface area contributed by atoms with Crippen molar-refractivity contribution in [2.24, 2.45) is 0 Å². The first-order valence-electron chi connectivity index (χ1n) is 16.6. The summed E-state index contributed by atoms with van der Waals surface area (Å²) in [6, 6.07) is 3.96. The number of rotatable bonds is 3. The van der Waals surface area contributed by atoms with Gasteiger partial charge in [0, 0.05) is 58.0 Å². The lowest BCUT2D eigenvalue weighted by Gasteiger charge is -2.47. The van der Waals surface area contributed by atoms with Crippen LogP contribution in [-0.4, -0.2) is 48.7 Å². The fourth-order valence-corrected chi connectivity index (χ4v) is 9.25. The number of thioether (sulfide) groups is 1. The molecule has 0 bridgehead atoms. The second kappa shape index (κ2) is 12.2. The summed E-state index contributed by atoms with van der Waals surface area (Å²) < 4.78 is 57.2. The van der Waals surface area contributed by atoms with E-state index < -0.39 is 39.4 Å². The number of hydrogen-bond donors (Lipinski definition) is 1. The zero-order valence-electron chi connectivity index (χ0n) is 27.8. The van der Waals surface area contributed by atoms with Gasteiger partial charge < -0.3 is 14.7 Å². The van der Waals surface area contributed by atoms with Gasteiger partial charge in [-0.3, -0.25) is 0 Å². The van der Waals surface area contributed by atoms with E-state index in [9.17, 15) is 9.90 Å². The number of carbonyl (C=O) groups excluding carboxylic acids is 2. The molecule has 5 aliphatic rings. The number of carboxylic acids is 1. The van der Waals surface area contributed by atoms with Crippen molar-refractivity contribution in [2.45, 2.75) is 76.2 Å². The van der Waals surface area contributed by atoms with Crippen molar-refractivity contribution in [1.82, 2.24) is 4.58 Å². The fraction of sp³-hybridized carbons (Fsp3) is 0.395. The van der Waals surface area contributed by atoms with Gasteiger partial charge in [0.2, 0.25) is 5.36 Å². The third-order valence-electron chi connectivity index (χ3n) is 10.5.